The van der Waals surface area contributed by atoms with Gasteiger partial charge in [0.25, 0.3) is 0 Å². The lowest BCUT2D eigenvalue weighted by Gasteiger charge is -2.26. The molecule has 0 amide bonds. The van der Waals surface area contributed by atoms with E-state index in [1.807, 2.05) is 121 Å². The Morgan fingerprint density at radius 1 is 0.329 bits per heavy atom. The van der Waals surface area contributed by atoms with Gasteiger partial charge in [-0.3, -0.25) is 0 Å². The van der Waals surface area contributed by atoms with Crippen LogP contribution in [0.3, 0.4) is 0 Å². The molecule has 0 aliphatic heterocycles. The molecule has 8 aromatic carbocycles. The Balaban J connectivity index is 0.859. The predicted molar refractivity (Wildman–Crippen MR) is 291 cm³/mol. The molecule has 0 unspecified atom stereocenters. The molecule has 0 heterocycles. The number of para-hydroxylation sites is 2. The largest absolute Gasteiger partial charge is 0.494 e. The summed E-state index contributed by atoms with van der Waals surface area (Å²) in [5, 5.41) is 0. The average Bonchev–Trinajstić information content (AvgIpc) is 3.40. The third-order valence-corrected chi connectivity index (χ3v) is 12.3. The van der Waals surface area contributed by atoms with Gasteiger partial charge >= 0.3 is 0 Å². The van der Waals surface area contributed by atoms with Crippen LogP contribution in [-0.2, 0) is 12.8 Å². The fraction of sp³-hybridized carbons (Fsp3) is 0.250. The van der Waals surface area contributed by atoms with Gasteiger partial charge in [-0.25, -0.2) is 0 Å². The lowest BCUT2D eigenvalue weighted by atomic mass is 10.1. The average molecular weight is 933 g/mol. The summed E-state index contributed by atoms with van der Waals surface area (Å²) in [7, 11) is 0. The van der Waals surface area contributed by atoms with E-state index < -0.39 is 0 Å². The Morgan fingerprint density at radius 2 is 0.700 bits per heavy atom. The molecule has 0 fully saturated rings. The maximum atomic E-state index is 8.40. The molecule has 8 rings (SSSR count). The van der Waals surface area contributed by atoms with E-state index in [0.29, 0.717) is 25.3 Å². The Hall–Kier alpha value is -7.44. The van der Waals surface area contributed by atoms with Crippen LogP contribution < -0.4 is 28.7 Å². The number of anilines is 6. The molecule has 0 saturated heterocycles. The van der Waals surface area contributed by atoms with Crippen molar-refractivity contribution >= 4 is 34.1 Å². The number of rotatable bonds is 27. The summed E-state index contributed by atoms with van der Waals surface area (Å²) in [5.41, 5.74) is 8.16. The number of hydrogen-bond donors (Lipinski definition) is 0. The minimum Gasteiger partial charge on any atom is -0.494 e. The van der Waals surface area contributed by atoms with Crippen LogP contribution in [0.25, 0.3) is 0 Å². The zero-order valence-corrected chi connectivity index (χ0v) is 40.9. The number of aryl methyl sites for hydroxylation is 2. The lowest BCUT2D eigenvalue weighted by molar-refractivity contribution is 0.266. The zero-order chi connectivity index (χ0) is 49.7. The van der Waals surface area contributed by atoms with E-state index in [1.54, 1.807) is 12.1 Å². The number of nitrogens with zero attached hydrogens (tertiary/aromatic N) is 2. The van der Waals surface area contributed by atoms with Gasteiger partial charge < -0.3 is 28.7 Å². The summed E-state index contributed by atoms with van der Waals surface area (Å²) in [6.07, 6.45) is 13.8. The van der Waals surface area contributed by atoms with Gasteiger partial charge in [0.2, 0.25) is 0 Å². The van der Waals surface area contributed by atoms with Crippen LogP contribution in [0.5, 0.6) is 34.5 Å². The normalized spacial score (nSPS) is 11.3. The SMILES string of the molecule is [3H]c1cccc(N(c2ccc(Oc3ccc(CCCCCC)cc3)cc2)c2cccc(OCCCCOc3cccc(N(c4ccc(Oc5ccc(CCCCCC)cc5)cc4)c4cccc([3H])c4)c3)c2)c1. The first-order chi connectivity index (χ1) is 35.4. The fourth-order valence-electron chi connectivity index (χ4n) is 8.51. The van der Waals surface area contributed by atoms with E-state index in [0.717, 1.165) is 94.3 Å². The van der Waals surface area contributed by atoms with Gasteiger partial charge in [-0.2, -0.15) is 0 Å². The molecule has 6 nitrogen and oxygen atoms in total. The summed E-state index contributed by atoms with van der Waals surface area (Å²) < 4.78 is 42.0. The van der Waals surface area contributed by atoms with Gasteiger partial charge in [-0.05, 0) is 171 Å². The van der Waals surface area contributed by atoms with E-state index >= 15 is 0 Å². The molecule has 0 radical (unpaired) electrons. The van der Waals surface area contributed by atoms with Gasteiger partial charge in [-0.1, -0.05) is 125 Å². The second-order valence-corrected chi connectivity index (χ2v) is 17.7. The molecule has 0 aliphatic carbocycles. The van der Waals surface area contributed by atoms with Crippen molar-refractivity contribution in [3.63, 3.8) is 0 Å². The van der Waals surface area contributed by atoms with Crippen molar-refractivity contribution in [3.05, 3.63) is 217 Å². The number of benzene rings is 8. The van der Waals surface area contributed by atoms with Gasteiger partial charge in [0.15, 0.2) is 0 Å². The van der Waals surface area contributed by atoms with E-state index in [1.165, 1.54) is 62.5 Å². The maximum absolute atomic E-state index is 8.40. The Kier molecular flexibility index (Phi) is 17.4. The minimum atomic E-state index is 0.435. The summed E-state index contributed by atoms with van der Waals surface area (Å²) in [4.78, 5) is 4.27. The highest BCUT2D eigenvalue weighted by atomic mass is 16.5. The molecule has 8 aromatic rings. The lowest BCUT2D eigenvalue weighted by Crippen LogP contribution is -2.10. The molecular weight excluding hydrogens is 861 g/mol. The van der Waals surface area contributed by atoms with Crippen LogP contribution in [0.4, 0.5) is 34.1 Å². The van der Waals surface area contributed by atoms with Crippen molar-refractivity contribution in [1.82, 2.24) is 0 Å². The van der Waals surface area contributed by atoms with Crippen LogP contribution in [-0.4, -0.2) is 13.2 Å². The van der Waals surface area contributed by atoms with Crippen molar-refractivity contribution in [2.45, 2.75) is 90.9 Å². The van der Waals surface area contributed by atoms with Crippen LogP contribution in [0.1, 0.15) is 91.9 Å². The summed E-state index contributed by atoms with van der Waals surface area (Å²) in [5.74, 6) is 4.67. The molecule has 0 atom stereocenters. The van der Waals surface area contributed by atoms with Crippen molar-refractivity contribution < 1.29 is 21.7 Å². The summed E-state index contributed by atoms with van der Waals surface area (Å²) >= 11 is 0. The van der Waals surface area contributed by atoms with Gasteiger partial charge in [0, 0.05) is 46.3 Å². The van der Waals surface area contributed by atoms with Crippen LogP contribution in [0.15, 0.2) is 206 Å². The fourth-order valence-corrected chi connectivity index (χ4v) is 8.51. The highest BCUT2D eigenvalue weighted by Gasteiger charge is 2.16. The molecule has 70 heavy (non-hydrogen) atoms. The standard InChI is InChI=1S/C64H68N2O4/c1-3-5-7-11-21-51-31-39-59(40-32-51)69-61-43-35-55(36-44-61)65(53-23-13-9-14-24-53)57-27-19-29-63(49-57)67-47-17-18-48-68-64-30-20-28-58(50-64)66(54-25-15-10-16-26-54)56-37-45-62(46-38-56)70-60-41-33-52(34-42-60)22-12-8-6-4-2/h9-10,13-16,19-20,23-46,49-50H,3-8,11-12,17-18,21-22,47-48H2,1-2H3/i13T,15T. The second kappa shape index (κ2) is 26.4. The first kappa shape index (κ1) is 46.3. The quantitative estimate of drug-likeness (QED) is 0.0479. The van der Waals surface area contributed by atoms with Gasteiger partial charge in [0.05, 0.1) is 16.0 Å². The van der Waals surface area contributed by atoms with Crippen molar-refractivity contribution in [2.75, 3.05) is 23.0 Å². The molecule has 0 bridgehead atoms. The van der Waals surface area contributed by atoms with E-state index in [2.05, 4.69) is 84.3 Å². The first-order valence-electron chi connectivity index (χ1n) is 26.3. The monoisotopic (exact) mass is 933 g/mol. The number of unbranched alkanes of at least 4 members (excludes halogenated alkanes) is 7. The molecule has 0 N–H and O–H groups in total. The van der Waals surface area contributed by atoms with Crippen molar-refractivity contribution in [2.24, 2.45) is 0 Å². The second-order valence-electron chi connectivity index (χ2n) is 17.7. The zero-order valence-electron chi connectivity index (χ0n) is 42.9. The third kappa shape index (κ3) is 14.5. The Labute approximate surface area is 419 Å². The van der Waals surface area contributed by atoms with Crippen molar-refractivity contribution in [3.8, 4) is 34.5 Å². The van der Waals surface area contributed by atoms with Crippen LogP contribution >= 0.6 is 0 Å². The third-order valence-electron chi connectivity index (χ3n) is 12.3. The topological polar surface area (TPSA) is 43.4 Å². The Bertz CT molecular complexity index is 2670. The molecular formula is C64H68N2O4. The van der Waals surface area contributed by atoms with E-state index in [9.17, 15) is 0 Å². The number of ether oxygens (including phenoxy) is 4. The summed E-state index contributed by atoms with van der Waals surface area (Å²) in [6.45, 7) is 5.54. The Morgan fingerprint density at radius 3 is 1.09 bits per heavy atom. The van der Waals surface area contributed by atoms with Crippen molar-refractivity contribution in [1.29, 1.82) is 0 Å². The molecule has 0 spiro atoms. The van der Waals surface area contributed by atoms with Crippen LogP contribution in [0, 0.1) is 0 Å². The van der Waals surface area contributed by atoms with E-state index in [4.69, 9.17) is 21.7 Å². The highest BCUT2D eigenvalue weighted by Crippen LogP contribution is 2.39. The first-order valence-corrected chi connectivity index (χ1v) is 25.3. The summed E-state index contributed by atoms with van der Waals surface area (Å²) in [6, 6.07) is 65.2. The molecule has 0 aliphatic rings. The van der Waals surface area contributed by atoms with E-state index in [-0.39, 0.29) is 0 Å². The minimum absolute atomic E-state index is 0.435. The molecule has 6 heteroatoms. The van der Waals surface area contributed by atoms with Crippen LogP contribution in [0.2, 0.25) is 0 Å². The molecule has 0 saturated carbocycles. The smallest absolute Gasteiger partial charge is 0.127 e. The van der Waals surface area contributed by atoms with Gasteiger partial charge in [-0.15, -0.1) is 0 Å². The molecule has 358 valence electrons. The highest BCUT2D eigenvalue weighted by molar-refractivity contribution is 5.78. The predicted octanol–water partition coefficient (Wildman–Crippen LogP) is 18.7. The number of hydrogen-bond acceptors (Lipinski definition) is 6. The maximum Gasteiger partial charge on any atom is 0.127 e. The molecule has 0 aromatic heterocycles. The van der Waals surface area contributed by atoms with Gasteiger partial charge in [0.1, 0.15) is 34.5 Å².